The summed E-state index contributed by atoms with van der Waals surface area (Å²) >= 11 is 0. The highest BCUT2D eigenvalue weighted by atomic mass is 16.3. The van der Waals surface area contributed by atoms with Gasteiger partial charge < -0.3 is 5.11 Å². The van der Waals surface area contributed by atoms with E-state index in [1.54, 1.807) is 0 Å². The van der Waals surface area contributed by atoms with Crippen LogP contribution in [0, 0.1) is 13.8 Å². The van der Waals surface area contributed by atoms with Crippen LogP contribution in [0.15, 0.2) is 18.2 Å². The molecule has 1 heterocycles. The molecule has 2 heteroatoms. The van der Waals surface area contributed by atoms with Crippen molar-refractivity contribution < 1.29 is 5.11 Å². The van der Waals surface area contributed by atoms with Crippen molar-refractivity contribution in [3.05, 3.63) is 34.9 Å². The Balaban J connectivity index is 2.12. The monoisotopic (exact) mass is 275 g/mol. The quantitative estimate of drug-likeness (QED) is 0.903. The molecule has 0 bridgehead atoms. The summed E-state index contributed by atoms with van der Waals surface area (Å²) in [5.41, 5.74) is 4.17. The van der Waals surface area contributed by atoms with E-state index < -0.39 is 0 Å². The van der Waals surface area contributed by atoms with Gasteiger partial charge in [-0.15, -0.1) is 0 Å². The van der Waals surface area contributed by atoms with Gasteiger partial charge in [-0.1, -0.05) is 36.6 Å². The number of likely N-dealkylation sites (tertiary alicyclic amines) is 1. The fourth-order valence-electron chi connectivity index (χ4n) is 3.30. The summed E-state index contributed by atoms with van der Waals surface area (Å²) in [5.74, 6) is 0. The second-order valence-corrected chi connectivity index (χ2v) is 6.49. The fourth-order valence-corrected chi connectivity index (χ4v) is 3.30. The number of aryl methyl sites for hydroxylation is 2. The van der Waals surface area contributed by atoms with Gasteiger partial charge in [-0.3, -0.25) is 4.90 Å². The third kappa shape index (κ3) is 4.32. The standard InChI is InChI=1S/C18H29NO/c1-14-8-9-15(2)17(11-14)13-19-10-6-4-5-7-18(19)12-16(3)20/h8-9,11,16,18,20H,4-7,10,12-13H2,1-3H3. The lowest BCUT2D eigenvalue weighted by atomic mass is 10.0. The van der Waals surface area contributed by atoms with E-state index in [9.17, 15) is 5.11 Å². The number of rotatable bonds is 4. The van der Waals surface area contributed by atoms with Gasteiger partial charge in [0.25, 0.3) is 0 Å². The zero-order valence-electron chi connectivity index (χ0n) is 13.2. The maximum absolute atomic E-state index is 9.75. The first-order valence-corrected chi connectivity index (χ1v) is 8.04. The number of nitrogens with zero attached hydrogens (tertiary/aromatic N) is 1. The molecule has 2 atom stereocenters. The smallest absolute Gasteiger partial charge is 0.0527 e. The molecule has 1 N–H and O–H groups in total. The zero-order chi connectivity index (χ0) is 14.5. The Bertz CT molecular complexity index is 427. The van der Waals surface area contributed by atoms with Crippen molar-refractivity contribution in [1.29, 1.82) is 0 Å². The first-order chi connectivity index (χ1) is 9.56. The van der Waals surface area contributed by atoms with Crippen LogP contribution in [0.3, 0.4) is 0 Å². The van der Waals surface area contributed by atoms with Gasteiger partial charge in [0.1, 0.15) is 0 Å². The Labute approximate surface area is 123 Å². The normalized spacial score (nSPS) is 22.5. The summed E-state index contributed by atoms with van der Waals surface area (Å²) in [4.78, 5) is 2.60. The SMILES string of the molecule is Cc1ccc(C)c(CN2CCCCCC2CC(C)O)c1. The van der Waals surface area contributed by atoms with Crippen molar-refractivity contribution in [2.24, 2.45) is 0 Å². The lowest BCUT2D eigenvalue weighted by Gasteiger charge is -2.31. The van der Waals surface area contributed by atoms with Crippen LogP contribution in [0.2, 0.25) is 0 Å². The molecule has 2 unspecified atom stereocenters. The van der Waals surface area contributed by atoms with Gasteiger partial charge in [0.15, 0.2) is 0 Å². The maximum Gasteiger partial charge on any atom is 0.0527 e. The number of hydrogen-bond donors (Lipinski definition) is 1. The van der Waals surface area contributed by atoms with Crippen LogP contribution in [-0.2, 0) is 6.54 Å². The molecule has 0 radical (unpaired) electrons. The van der Waals surface area contributed by atoms with Gasteiger partial charge in [-0.25, -0.2) is 0 Å². The van der Waals surface area contributed by atoms with Crippen molar-refractivity contribution >= 4 is 0 Å². The molecule has 20 heavy (non-hydrogen) atoms. The summed E-state index contributed by atoms with van der Waals surface area (Å²) in [5, 5.41) is 9.75. The third-order valence-electron chi connectivity index (χ3n) is 4.49. The van der Waals surface area contributed by atoms with Crippen LogP contribution in [0.1, 0.15) is 55.7 Å². The highest BCUT2D eigenvalue weighted by Gasteiger charge is 2.22. The maximum atomic E-state index is 9.75. The predicted octanol–water partition coefficient (Wildman–Crippen LogP) is 3.82. The summed E-state index contributed by atoms with van der Waals surface area (Å²) < 4.78 is 0. The molecule has 2 rings (SSSR count). The molecule has 112 valence electrons. The van der Waals surface area contributed by atoms with Crippen LogP contribution in [-0.4, -0.2) is 28.7 Å². The Kier molecular flexibility index (Phi) is 5.62. The van der Waals surface area contributed by atoms with Crippen LogP contribution in [0.25, 0.3) is 0 Å². The highest BCUT2D eigenvalue weighted by molar-refractivity contribution is 5.30. The molecular formula is C18H29NO. The van der Waals surface area contributed by atoms with Crippen molar-refractivity contribution in [3.8, 4) is 0 Å². The minimum atomic E-state index is -0.195. The number of benzene rings is 1. The largest absolute Gasteiger partial charge is 0.393 e. The summed E-state index contributed by atoms with van der Waals surface area (Å²) in [7, 11) is 0. The molecule has 2 nitrogen and oxygen atoms in total. The van der Waals surface area contributed by atoms with Crippen molar-refractivity contribution in [2.75, 3.05) is 6.54 Å². The van der Waals surface area contributed by atoms with Crippen LogP contribution in [0.5, 0.6) is 0 Å². The van der Waals surface area contributed by atoms with Gasteiger partial charge in [0.2, 0.25) is 0 Å². The van der Waals surface area contributed by atoms with Crippen molar-refractivity contribution in [1.82, 2.24) is 4.90 Å². The molecule has 1 aliphatic rings. The van der Waals surface area contributed by atoms with Crippen molar-refractivity contribution in [3.63, 3.8) is 0 Å². The zero-order valence-corrected chi connectivity index (χ0v) is 13.2. The minimum Gasteiger partial charge on any atom is -0.393 e. The van der Waals surface area contributed by atoms with E-state index in [0.29, 0.717) is 6.04 Å². The van der Waals surface area contributed by atoms with Gasteiger partial charge in [0, 0.05) is 12.6 Å². The minimum absolute atomic E-state index is 0.195. The molecule has 0 aliphatic carbocycles. The second-order valence-electron chi connectivity index (χ2n) is 6.49. The molecule has 1 aromatic rings. The number of aliphatic hydroxyl groups excluding tert-OH is 1. The summed E-state index contributed by atoms with van der Waals surface area (Å²) in [6.07, 6.45) is 5.88. The molecule has 1 aliphatic heterocycles. The topological polar surface area (TPSA) is 23.5 Å². The lowest BCUT2D eigenvalue weighted by molar-refractivity contribution is 0.108. The second kappa shape index (κ2) is 7.24. The first kappa shape index (κ1) is 15.5. The summed E-state index contributed by atoms with van der Waals surface area (Å²) in [6.45, 7) is 8.49. The molecule has 0 spiro atoms. The van der Waals surface area contributed by atoms with E-state index in [1.165, 1.54) is 48.9 Å². The van der Waals surface area contributed by atoms with Crippen LogP contribution < -0.4 is 0 Å². The van der Waals surface area contributed by atoms with Crippen LogP contribution in [0.4, 0.5) is 0 Å². The molecule has 0 amide bonds. The Morgan fingerprint density at radius 1 is 1.25 bits per heavy atom. The van der Waals surface area contributed by atoms with Crippen molar-refractivity contribution in [2.45, 2.75) is 71.6 Å². The molecule has 1 fully saturated rings. The fraction of sp³-hybridized carbons (Fsp3) is 0.667. The van der Waals surface area contributed by atoms with E-state index in [-0.39, 0.29) is 6.10 Å². The van der Waals surface area contributed by atoms with E-state index in [2.05, 4.69) is 36.9 Å². The lowest BCUT2D eigenvalue weighted by Crippen LogP contribution is -2.36. The Morgan fingerprint density at radius 2 is 2.05 bits per heavy atom. The number of hydrogen-bond acceptors (Lipinski definition) is 2. The average molecular weight is 275 g/mol. The van der Waals surface area contributed by atoms with Gasteiger partial charge >= 0.3 is 0 Å². The first-order valence-electron chi connectivity index (χ1n) is 8.04. The van der Waals surface area contributed by atoms with Gasteiger partial charge in [-0.2, -0.15) is 0 Å². The average Bonchev–Trinajstić information content (AvgIpc) is 2.59. The van der Waals surface area contributed by atoms with E-state index >= 15 is 0 Å². The van der Waals surface area contributed by atoms with Crippen LogP contribution >= 0.6 is 0 Å². The highest BCUT2D eigenvalue weighted by Crippen LogP contribution is 2.24. The van der Waals surface area contributed by atoms with E-state index in [1.807, 2.05) is 6.92 Å². The molecule has 0 aromatic heterocycles. The van der Waals surface area contributed by atoms with E-state index in [0.717, 1.165) is 13.0 Å². The third-order valence-corrected chi connectivity index (χ3v) is 4.49. The van der Waals surface area contributed by atoms with Gasteiger partial charge in [-0.05, 0) is 57.7 Å². The summed E-state index contributed by atoms with van der Waals surface area (Å²) in [6, 6.07) is 7.28. The van der Waals surface area contributed by atoms with E-state index in [4.69, 9.17) is 0 Å². The molecule has 1 aromatic carbocycles. The molecule has 0 saturated carbocycles. The Morgan fingerprint density at radius 3 is 2.80 bits per heavy atom. The predicted molar refractivity (Wildman–Crippen MR) is 84.9 cm³/mol. The Hall–Kier alpha value is -0.860. The number of aliphatic hydroxyl groups is 1. The molecule has 1 saturated heterocycles. The van der Waals surface area contributed by atoms with Gasteiger partial charge in [0.05, 0.1) is 6.10 Å². The molecular weight excluding hydrogens is 246 g/mol.